The molecule has 1 rings (SSSR count). The average Bonchev–Trinajstić information content (AvgIpc) is 2.16. The summed E-state index contributed by atoms with van der Waals surface area (Å²) in [6.45, 7) is 1.82. The van der Waals surface area contributed by atoms with Crippen molar-refractivity contribution in [2.45, 2.75) is 13.3 Å². The van der Waals surface area contributed by atoms with Gasteiger partial charge in [-0.1, -0.05) is 36.4 Å². The highest BCUT2D eigenvalue weighted by molar-refractivity contribution is 5.23. The second kappa shape index (κ2) is 4.35. The fraction of sp³-hybridized carbons (Fsp3) is 0.182. The van der Waals surface area contributed by atoms with Crippen molar-refractivity contribution in [3.05, 3.63) is 47.5 Å². The molecule has 1 aromatic rings. The molecule has 1 heteroatoms. The van der Waals surface area contributed by atoms with Gasteiger partial charge in [0.15, 0.2) is 0 Å². The maximum Gasteiger partial charge on any atom is 0.0940 e. The van der Waals surface area contributed by atoms with Crippen molar-refractivity contribution in [2.24, 2.45) is 0 Å². The summed E-state index contributed by atoms with van der Waals surface area (Å²) in [5.74, 6) is 0. The van der Waals surface area contributed by atoms with Crippen LogP contribution in [0, 0.1) is 11.3 Å². The number of benzene rings is 1. The Bertz CT molecular complexity index is 304. The zero-order chi connectivity index (χ0) is 8.81. The molecule has 0 aliphatic carbocycles. The van der Waals surface area contributed by atoms with Crippen molar-refractivity contribution in [1.29, 1.82) is 5.26 Å². The summed E-state index contributed by atoms with van der Waals surface area (Å²) in [4.78, 5) is 0. The molecule has 0 N–H and O–H groups in total. The first-order chi connectivity index (χ1) is 5.83. The summed E-state index contributed by atoms with van der Waals surface area (Å²) in [7, 11) is 0. The van der Waals surface area contributed by atoms with Gasteiger partial charge in [-0.3, -0.25) is 0 Å². The summed E-state index contributed by atoms with van der Waals surface area (Å²) < 4.78 is 0. The summed E-state index contributed by atoms with van der Waals surface area (Å²) in [6, 6.07) is 12.2. The predicted molar refractivity (Wildman–Crippen MR) is 49.5 cm³/mol. The number of nitriles is 1. The lowest BCUT2D eigenvalue weighted by Crippen LogP contribution is -1.80. The Morgan fingerprint density at radius 1 is 1.42 bits per heavy atom. The molecule has 0 aliphatic heterocycles. The largest absolute Gasteiger partial charge is 0.193 e. The quantitative estimate of drug-likeness (QED) is 0.605. The van der Waals surface area contributed by atoms with Gasteiger partial charge in [-0.05, 0) is 18.9 Å². The van der Waals surface area contributed by atoms with E-state index in [4.69, 9.17) is 5.26 Å². The van der Waals surface area contributed by atoms with Crippen LogP contribution in [-0.4, -0.2) is 0 Å². The van der Waals surface area contributed by atoms with Gasteiger partial charge in [0.05, 0.1) is 6.07 Å². The third-order valence-electron chi connectivity index (χ3n) is 1.66. The predicted octanol–water partition coefficient (Wildman–Crippen LogP) is 2.70. The molecule has 0 bridgehead atoms. The van der Waals surface area contributed by atoms with E-state index in [9.17, 15) is 0 Å². The van der Waals surface area contributed by atoms with E-state index in [-0.39, 0.29) is 0 Å². The minimum absolute atomic E-state index is 0.777. The van der Waals surface area contributed by atoms with Gasteiger partial charge in [-0.25, -0.2) is 0 Å². The SMILES string of the molecule is C/C(C#N)=C/Cc1ccccc1. The molecule has 0 heterocycles. The topological polar surface area (TPSA) is 23.8 Å². The fourth-order valence-corrected chi connectivity index (χ4v) is 0.931. The molecular formula is C11H11N. The number of rotatable bonds is 2. The molecule has 0 amide bonds. The van der Waals surface area contributed by atoms with E-state index in [1.165, 1.54) is 5.56 Å². The van der Waals surface area contributed by atoms with Gasteiger partial charge in [0.2, 0.25) is 0 Å². The van der Waals surface area contributed by atoms with Gasteiger partial charge in [0.1, 0.15) is 0 Å². The zero-order valence-corrected chi connectivity index (χ0v) is 7.12. The maximum atomic E-state index is 8.49. The van der Waals surface area contributed by atoms with Gasteiger partial charge in [-0.2, -0.15) is 5.26 Å². The molecule has 12 heavy (non-hydrogen) atoms. The van der Waals surface area contributed by atoms with Gasteiger partial charge in [0, 0.05) is 5.57 Å². The van der Waals surface area contributed by atoms with Crippen LogP contribution in [0.25, 0.3) is 0 Å². The lowest BCUT2D eigenvalue weighted by atomic mass is 10.1. The van der Waals surface area contributed by atoms with Crippen molar-refractivity contribution in [1.82, 2.24) is 0 Å². The van der Waals surface area contributed by atoms with Gasteiger partial charge in [0.25, 0.3) is 0 Å². The van der Waals surface area contributed by atoms with Crippen molar-refractivity contribution in [2.75, 3.05) is 0 Å². The van der Waals surface area contributed by atoms with Crippen LogP contribution in [0.3, 0.4) is 0 Å². The Balaban J connectivity index is 2.61. The molecule has 1 aromatic carbocycles. The van der Waals surface area contributed by atoms with Crippen LogP contribution in [0.15, 0.2) is 42.0 Å². The highest BCUT2D eigenvalue weighted by Gasteiger charge is 1.87. The Labute approximate surface area is 73.0 Å². The monoisotopic (exact) mass is 157 g/mol. The highest BCUT2D eigenvalue weighted by Crippen LogP contribution is 2.01. The normalized spacial score (nSPS) is 10.8. The summed E-state index contributed by atoms with van der Waals surface area (Å²) in [5.41, 5.74) is 2.02. The van der Waals surface area contributed by atoms with Crippen LogP contribution in [0.4, 0.5) is 0 Å². The number of nitrogens with zero attached hydrogens (tertiary/aromatic N) is 1. The first-order valence-electron chi connectivity index (χ1n) is 3.93. The second-order valence-corrected chi connectivity index (χ2v) is 2.69. The van der Waals surface area contributed by atoms with Gasteiger partial charge < -0.3 is 0 Å². The molecule has 0 aliphatic rings. The zero-order valence-electron chi connectivity index (χ0n) is 7.12. The van der Waals surface area contributed by atoms with Gasteiger partial charge >= 0.3 is 0 Å². The molecular weight excluding hydrogens is 146 g/mol. The van der Waals surface area contributed by atoms with Crippen LogP contribution in [0.2, 0.25) is 0 Å². The smallest absolute Gasteiger partial charge is 0.0940 e. The molecule has 0 saturated heterocycles. The van der Waals surface area contributed by atoms with E-state index in [0.717, 1.165) is 12.0 Å². The number of hydrogen-bond acceptors (Lipinski definition) is 1. The summed E-state index contributed by atoms with van der Waals surface area (Å²) in [6.07, 6.45) is 2.79. The molecule has 0 radical (unpaired) electrons. The van der Waals surface area contributed by atoms with E-state index in [2.05, 4.69) is 18.2 Å². The summed E-state index contributed by atoms with van der Waals surface area (Å²) in [5, 5.41) is 8.49. The number of hydrogen-bond donors (Lipinski definition) is 0. The van der Waals surface area contributed by atoms with E-state index in [0.29, 0.717) is 0 Å². The third kappa shape index (κ3) is 2.59. The Hall–Kier alpha value is -1.55. The third-order valence-corrected chi connectivity index (χ3v) is 1.66. The fourth-order valence-electron chi connectivity index (χ4n) is 0.931. The van der Waals surface area contributed by atoms with Crippen molar-refractivity contribution >= 4 is 0 Å². The molecule has 0 unspecified atom stereocenters. The molecule has 0 fully saturated rings. The first-order valence-corrected chi connectivity index (χ1v) is 3.93. The molecule has 0 spiro atoms. The van der Waals surface area contributed by atoms with Crippen molar-refractivity contribution < 1.29 is 0 Å². The minimum Gasteiger partial charge on any atom is -0.193 e. The van der Waals surface area contributed by atoms with Crippen LogP contribution in [0.5, 0.6) is 0 Å². The van der Waals surface area contributed by atoms with Crippen molar-refractivity contribution in [3.8, 4) is 6.07 Å². The second-order valence-electron chi connectivity index (χ2n) is 2.69. The van der Waals surface area contributed by atoms with Gasteiger partial charge in [-0.15, -0.1) is 0 Å². The Morgan fingerprint density at radius 2 is 2.08 bits per heavy atom. The molecule has 60 valence electrons. The average molecular weight is 157 g/mol. The first kappa shape index (κ1) is 8.55. The van der Waals surface area contributed by atoms with E-state index in [1.807, 2.05) is 31.2 Å². The molecule has 0 aromatic heterocycles. The Kier molecular flexibility index (Phi) is 3.10. The maximum absolute atomic E-state index is 8.49. The lowest BCUT2D eigenvalue weighted by Gasteiger charge is -1.93. The highest BCUT2D eigenvalue weighted by atomic mass is 14.2. The van der Waals surface area contributed by atoms with Crippen LogP contribution >= 0.6 is 0 Å². The van der Waals surface area contributed by atoms with Crippen LogP contribution in [-0.2, 0) is 6.42 Å². The number of allylic oxidation sites excluding steroid dienone is 2. The lowest BCUT2D eigenvalue weighted by molar-refractivity contribution is 1.24. The van der Waals surface area contributed by atoms with E-state index < -0.39 is 0 Å². The summed E-state index contributed by atoms with van der Waals surface area (Å²) >= 11 is 0. The van der Waals surface area contributed by atoms with Crippen LogP contribution < -0.4 is 0 Å². The molecule has 0 atom stereocenters. The Morgan fingerprint density at radius 3 is 2.67 bits per heavy atom. The van der Waals surface area contributed by atoms with E-state index >= 15 is 0 Å². The minimum atomic E-state index is 0.777. The van der Waals surface area contributed by atoms with Crippen LogP contribution in [0.1, 0.15) is 12.5 Å². The molecule has 0 saturated carbocycles. The standard InChI is InChI=1S/C11H11N/c1-10(9-12)7-8-11-5-3-2-4-6-11/h2-7H,8H2,1H3/b10-7-. The molecule has 1 nitrogen and oxygen atoms in total. The van der Waals surface area contributed by atoms with E-state index in [1.54, 1.807) is 0 Å². The van der Waals surface area contributed by atoms with Crippen molar-refractivity contribution in [3.63, 3.8) is 0 Å².